The largest absolute Gasteiger partial charge is 0.573 e. The molecule has 0 unspecified atom stereocenters. The molecule has 0 radical (unpaired) electrons. The number of benzene rings is 2. The minimum absolute atomic E-state index is 0.193. The lowest BCUT2D eigenvalue weighted by atomic mass is 10.2. The summed E-state index contributed by atoms with van der Waals surface area (Å²) < 4.78 is 40.4. The lowest BCUT2D eigenvalue weighted by Gasteiger charge is -2.13. The Labute approximate surface area is 135 Å². The van der Waals surface area contributed by atoms with Crippen LogP contribution in [0.1, 0.15) is 5.56 Å². The van der Waals surface area contributed by atoms with Crippen molar-refractivity contribution in [1.82, 2.24) is 0 Å². The molecule has 2 rings (SSSR count). The van der Waals surface area contributed by atoms with Crippen molar-refractivity contribution in [3.05, 3.63) is 54.1 Å². The van der Waals surface area contributed by atoms with E-state index in [4.69, 9.17) is 17.5 Å². The minimum atomic E-state index is -4.75. The highest BCUT2D eigenvalue weighted by Crippen LogP contribution is 2.25. The van der Waals surface area contributed by atoms with Crippen LogP contribution >= 0.6 is 12.2 Å². The molecule has 23 heavy (non-hydrogen) atoms. The summed E-state index contributed by atoms with van der Waals surface area (Å²) >= 11 is 5.08. The maximum absolute atomic E-state index is 12.2. The number of nitrogens with zero attached hydrogens (tertiary/aromatic N) is 1. The van der Waals surface area contributed by atoms with E-state index in [-0.39, 0.29) is 10.9 Å². The standard InChI is InChI=1S/C15H10F3N3OS/c16-15(17,18)22-13-3-1-2-12(8-13)21-14(23)20-11-6-4-10(9-19)5-7-11/h1-8H,(H2,20,21,23). The predicted octanol–water partition coefficient (Wildman–Crippen LogP) is 4.27. The normalized spacial score (nSPS) is 10.5. The van der Waals surface area contributed by atoms with E-state index < -0.39 is 6.36 Å². The summed E-state index contributed by atoms with van der Waals surface area (Å²) in [4.78, 5) is 0. The monoisotopic (exact) mass is 337 g/mol. The van der Waals surface area contributed by atoms with Crippen molar-refractivity contribution >= 4 is 28.7 Å². The van der Waals surface area contributed by atoms with Crippen molar-refractivity contribution in [2.45, 2.75) is 6.36 Å². The predicted molar refractivity (Wildman–Crippen MR) is 84.1 cm³/mol. The Kier molecular flexibility index (Phi) is 5.03. The maximum atomic E-state index is 12.2. The van der Waals surface area contributed by atoms with Crippen molar-refractivity contribution in [3.8, 4) is 11.8 Å². The molecule has 4 nitrogen and oxygen atoms in total. The highest BCUT2D eigenvalue weighted by atomic mass is 32.1. The van der Waals surface area contributed by atoms with Gasteiger partial charge in [0.1, 0.15) is 5.75 Å². The lowest BCUT2D eigenvalue weighted by molar-refractivity contribution is -0.274. The number of hydrogen-bond acceptors (Lipinski definition) is 3. The van der Waals surface area contributed by atoms with Gasteiger partial charge in [-0.25, -0.2) is 0 Å². The number of nitriles is 1. The van der Waals surface area contributed by atoms with Crippen LogP contribution in [0.25, 0.3) is 0 Å². The molecule has 0 spiro atoms. The molecule has 8 heteroatoms. The van der Waals surface area contributed by atoms with Crippen molar-refractivity contribution in [3.63, 3.8) is 0 Å². The molecule has 2 aromatic carbocycles. The number of hydrogen-bond donors (Lipinski definition) is 2. The van der Waals surface area contributed by atoms with E-state index in [0.29, 0.717) is 16.9 Å². The molecular formula is C15H10F3N3OS. The van der Waals surface area contributed by atoms with E-state index in [1.807, 2.05) is 6.07 Å². The van der Waals surface area contributed by atoms with E-state index in [1.54, 1.807) is 30.3 Å². The van der Waals surface area contributed by atoms with Crippen LogP contribution < -0.4 is 15.4 Å². The van der Waals surface area contributed by atoms with Gasteiger partial charge in [-0.15, -0.1) is 13.2 Å². The second-order valence-electron chi connectivity index (χ2n) is 4.34. The van der Waals surface area contributed by atoms with Crippen molar-refractivity contribution < 1.29 is 17.9 Å². The Bertz CT molecular complexity index is 739. The molecule has 0 aliphatic heterocycles. The fourth-order valence-electron chi connectivity index (χ4n) is 1.69. The first-order valence-electron chi connectivity index (χ1n) is 6.30. The number of rotatable bonds is 3. The van der Waals surface area contributed by atoms with Crippen LogP contribution in [-0.4, -0.2) is 11.5 Å². The molecular weight excluding hydrogens is 327 g/mol. The van der Waals surface area contributed by atoms with Gasteiger partial charge in [0.05, 0.1) is 11.6 Å². The third-order valence-electron chi connectivity index (χ3n) is 2.60. The second-order valence-corrected chi connectivity index (χ2v) is 4.75. The van der Waals surface area contributed by atoms with Gasteiger partial charge in [0, 0.05) is 17.4 Å². The van der Waals surface area contributed by atoms with Crippen LogP contribution in [0.5, 0.6) is 5.75 Å². The SMILES string of the molecule is N#Cc1ccc(NC(=S)Nc2cccc(OC(F)(F)F)c2)cc1. The summed E-state index contributed by atoms with van der Waals surface area (Å²) in [5.41, 5.74) is 1.49. The molecule has 0 bridgehead atoms. The molecule has 0 aromatic heterocycles. The summed E-state index contributed by atoms with van der Waals surface area (Å²) in [7, 11) is 0. The molecule has 0 aliphatic rings. The average molecular weight is 337 g/mol. The summed E-state index contributed by atoms with van der Waals surface area (Å²) in [5, 5.41) is 14.5. The Morgan fingerprint density at radius 1 is 1.04 bits per heavy atom. The van der Waals surface area contributed by atoms with E-state index in [2.05, 4.69) is 15.4 Å². The smallest absolute Gasteiger partial charge is 0.406 e. The first-order chi connectivity index (χ1) is 10.9. The molecule has 0 fully saturated rings. The number of thiocarbonyl (C=S) groups is 1. The van der Waals surface area contributed by atoms with Gasteiger partial charge >= 0.3 is 6.36 Å². The van der Waals surface area contributed by atoms with Gasteiger partial charge in [0.25, 0.3) is 0 Å². The van der Waals surface area contributed by atoms with Gasteiger partial charge in [-0.2, -0.15) is 5.26 Å². The van der Waals surface area contributed by atoms with Gasteiger partial charge in [0.15, 0.2) is 5.11 Å². The number of nitrogens with one attached hydrogen (secondary N) is 2. The molecule has 118 valence electrons. The molecule has 0 heterocycles. The third kappa shape index (κ3) is 5.48. The first-order valence-corrected chi connectivity index (χ1v) is 6.70. The van der Waals surface area contributed by atoms with E-state index >= 15 is 0 Å². The van der Waals surface area contributed by atoms with Gasteiger partial charge < -0.3 is 15.4 Å². The number of anilines is 2. The number of alkyl halides is 3. The van der Waals surface area contributed by atoms with Crippen LogP contribution in [0.3, 0.4) is 0 Å². The van der Waals surface area contributed by atoms with Crippen LogP contribution in [0.2, 0.25) is 0 Å². The van der Waals surface area contributed by atoms with Crippen LogP contribution in [0.4, 0.5) is 24.5 Å². The van der Waals surface area contributed by atoms with Crippen LogP contribution in [0, 0.1) is 11.3 Å². The first kappa shape index (κ1) is 16.6. The van der Waals surface area contributed by atoms with Crippen molar-refractivity contribution in [2.24, 2.45) is 0 Å². The molecule has 2 N–H and O–H groups in total. The molecule has 0 aliphatic carbocycles. The lowest BCUT2D eigenvalue weighted by Crippen LogP contribution is -2.20. The van der Waals surface area contributed by atoms with Gasteiger partial charge in [-0.05, 0) is 48.6 Å². The van der Waals surface area contributed by atoms with Gasteiger partial charge in [-0.3, -0.25) is 0 Å². The zero-order valence-corrected chi connectivity index (χ0v) is 12.3. The Balaban J connectivity index is 1.99. The number of halogens is 3. The maximum Gasteiger partial charge on any atom is 0.573 e. The van der Waals surface area contributed by atoms with Gasteiger partial charge in [0.2, 0.25) is 0 Å². The molecule has 0 atom stereocenters. The Hall–Kier alpha value is -2.79. The zero-order valence-electron chi connectivity index (χ0n) is 11.5. The summed E-state index contributed by atoms with van der Waals surface area (Å²) in [5.74, 6) is -0.344. The molecule has 2 aromatic rings. The molecule has 0 saturated carbocycles. The van der Waals surface area contributed by atoms with Gasteiger partial charge in [-0.1, -0.05) is 6.07 Å². The Morgan fingerprint density at radius 2 is 1.70 bits per heavy atom. The zero-order chi connectivity index (χ0) is 16.9. The van der Waals surface area contributed by atoms with E-state index in [9.17, 15) is 13.2 Å². The quantitative estimate of drug-likeness (QED) is 0.820. The summed E-state index contributed by atoms with van der Waals surface area (Å²) in [6, 6.07) is 13.9. The molecule has 0 saturated heterocycles. The second kappa shape index (κ2) is 6.98. The molecule has 0 amide bonds. The average Bonchev–Trinajstić information content (AvgIpc) is 2.46. The highest BCUT2D eigenvalue weighted by molar-refractivity contribution is 7.80. The van der Waals surface area contributed by atoms with Crippen molar-refractivity contribution in [2.75, 3.05) is 10.6 Å². The van der Waals surface area contributed by atoms with Crippen molar-refractivity contribution in [1.29, 1.82) is 5.26 Å². The fraction of sp³-hybridized carbons (Fsp3) is 0.0667. The van der Waals surface area contributed by atoms with E-state index in [0.717, 1.165) is 0 Å². The minimum Gasteiger partial charge on any atom is -0.406 e. The van der Waals surface area contributed by atoms with E-state index in [1.165, 1.54) is 18.2 Å². The van der Waals surface area contributed by atoms with Crippen LogP contribution in [0.15, 0.2) is 48.5 Å². The third-order valence-corrected chi connectivity index (χ3v) is 2.80. The Morgan fingerprint density at radius 3 is 2.30 bits per heavy atom. The topological polar surface area (TPSA) is 57.1 Å². The number of ether oxygens (including phenoxy) is 1. The summed E-state index contributed by atoms with van der Waals surface area (Å²) in [6.07, 6.45) is -4.75. The summed E-state index contributed by atoms with van der Waals surface area (Å²) in [6.45, 7) is 0. The van der Waals surface area contributed by atoms with Crippen LogP contribution in [-0.2, 0) is 0 Å². The fourth-order valence-corrected chi connectivity index (χ4v) is 1.93. The highest BCUT2D eigenvalue weighted by Gasteiger charge is 2.31.